The predicted molar refractivity (Wildman–Crippen MR) is 120 cm³/mol. The lowest BCUT2D eigenvalue weighted by Crippen LogP contribution is -2.39. The molecule has 0 saturated heterocycles. The second-order valence-electron chi connectivity index (χ2n) is 7.49. The topological polar surface area (TPSA) is 58.6 Å². The molecule has 0 bridgehead atoms. The van der Waals surface area contributed by atoms with Crippen molar-refractivity contribution >= 4 is 11.8 Å². The van der Waals surface area contributed by atoms with Gasteiger partial charge >= 0.3 is 0 Å². The quantitative estimate of drug-likeness (QED) is 0.603. The van der Waals surface area contributed by atoms with Gasteiger partial charge in [0.15, 0.2) is 0 Å². The number of rotatable bonds is 8. The standard InChI is InChI=1S/C26H26N2O3/c1-2-31-23-15-9-6-12-20(23)18-28-24(21-13-7-8-14-22(21)26(28)30)25(29)27-17-16-19-10-4-3-5-11-19/h3-15,24H,2,16-18H2,1H3,(H,27,29). The van der Waals surface area contributed by atoms with Crippen molar-refractivity contribution in [3.05, 3.63) is 101 Å². The van der Waals surface area contributed by atoms with Crippen molar-refractivity contribution < 1.29 is 14.3 Å². The summed E-state index contributed by atoms with van der Waals surface area (Å²) in [4.78, 5) is 28.0. The summed E-state index contributed by atoms with van der Waals surface area (Å²) in [6.45, 7) is 3.28. The van der Waals surface area contributed by atoms with E-state index in [2.05, 4.69) is 5.32 Å². The number of amides is 2. The second-order valence-corrected chi connectivity index (χ2v) is 7.49. The smallest absolute Gasteiger partial charge is 0.255 e. The lowest BCUT2D eigenvalue weighted by atomic mass is 10.0. The van der Waals surface area contributed by atoms with Crippen molar-refractivity contribution in [2.75, 3.05) is 13.2 Å². The molecule has 0 aromatic heterocycles. The highest BCUT2D eigenvalue weighted by Gasteiger charge is 2.40. The van der Waals surface area contributed by atoms with Gasteiger partial charge in [-0.15, -0.1) is 0 Å². The number of nitrogens with zero attached hydrogens (tertiary/aromatic N) is 1. The zero-order valence-corrected chi connectivity index (χ0v) is 17.6. The maximum atomic E-state index is 13.2. The van der Waals surface area contributed by atoms with Crippen molar-refractivity contribution in [3.8, 4) is 5.75 Å². The largest absolute Gasteiger partial charge is 0.494 e. The highest BCUT2D eigenvalue weighted by molar-refractivity contribution is 6.04. The minimum absolute atomic E-state index is 0.134. The Morgan fingerprint density at radius 1 is 0.968 bits per heavy atom. The number of nitrogens with one attached hydrogen (secondary N) is 1. The molecule has 1 atom stereocenters. The summed E-state index contributed by atoms with van der Waals surface area (Å²) >= 11 is 0. The Bertz CT molecular complexity index is 1070. The summed E-state index contributed by atoms with van der Waals surface area (Å²) in [7, 11) is 0. The van der Waals surface area contributed by atoms with Gasteiger partial charge in [0.1, 0.15) is 11.8 Å². The maximum Gasteiger partial charge on any atom is 0.255 e. The van der Waals surface area contributed by atoms with Crippen LogP contribution in [0.3, 0.4) is 0 Å². The van der Waals surface area contributed by atoms with E-state index in [-0.39, 0.29) is 11.8 Å². The Morgan fingerprint density at radius 2 is 1.68 bits per heavy atom. The van der Waals surface area contributed by atoms with E-state index in [1.165, 1.54) is 0 Å². The average Bonchev–Trinajstić information content (AvgIpc) is 3.08. The van der Waals surface area contributed by atoms with Crippen LogP contribution in [0, 0.1) is 0 Å². The molecule has 2 amide bonds. The zero-order valence-electron chi connectivity index (χ0n) is 17.6. The van der Waals surface area contributed by atoms with Crippen molar-refractivity contribution in [2.45, 2.75) is 25.9 Å². The van der Waals surface area contributed by atoms with Crippen LogP contribution in [-0.4, -0.2) is 29.9 Å². The Morgan fingerprint density at radius 3 is 2.48 bits per heavy atom. The highest BCUT2D eigenvalue weighted by atomic mass is 16.5. The SMILES string of the molecule is CCOc1ccccc1CN1C(=O)c2ccccc2C1C(=O)NCCc1ccccc1. The van der Waals surface area contributed by atoms with Gasteiger partial charge in [0, 0.05) is 17.7 Å². The lowest BCUT2D eigenvalue weighted by Gasteiger charge is -2.25. The summed E-state index contributed by atoms with van der Waals surface area (Å²) in [5.41, 5.74) is 3.37. The third-order valence-corrected chi connectivity index (χ3v) is 5.48. The minimum Gasteiger partial charge on any atom is -0.494 e. The van der Waals surface area contributed by atoms with Crippen LogP contribution in [0.4, 0.5) is 0 Å². The first-order chi connectivity index (χ1) is 15.2. The molecule has 158 valence electrons. The molecule has 1 unspecified atom stereocenters. The van der Waals surface area contributed by atoms with Crippen LogP contribution in [0.25, 0.3) is 0 Å². The molecule has 1 aliphatic heterocycles. The van der Waals surface area contributed by atoms with E-state index in [0.29, 0.717) is 25.3 Å². The van der Waals surface area contributed by atoms with E-state index >= 15 is 0 Å². The molecular weight excluding hydrogens is 388 g/mol. The van der Waals surface area contributed by atoms with Crippen molar-refractivity contribution in [1.29, 1.82) is 0 Å². The van der Waals surface area contributed by atoms with Crippen molar-refractivity contribution in [2.24, 2.45) is 0 Å². The molecule has 1 aliphatic rings. The normalized spacial score (nSPS) is 14.9. The lowest BCUT2D eigenvalue weighted by molar-refractivity contribution is -0.125. The molecule has 31 heavy (non-hydrogen) atoms. The van der Waals surface area contributed by atoms with Gasteiger partial charge in [-0.3, -0.25) is 9.59 Å². The van der Waals surface area contributed by atoms with Gasteiger partial charge in [0.05, 0.1) is 13.2 Å². The first-order valence-electron chi connectivity index (χ1n) is 10.6. The fraction of sp³-hybridized carbons (Fsp3) is 0.231. The monoisotopic (exact) mass is 414 g/mol. The van der Waals surface area contributed by atoms with Gasteiger partial charge in [0.2, 0.25) is 5.91 Å². The third-order valence-electron chi connectivity index (χ3n) is 5.48. The molecule has 5 heteroatoms. The van der Waals surface area contributed by atoms with E-state index in [9.17, 15) is 9.59 Å². The van der Waals surface area contributed by atoms with Crippen LogP contribution >= 0.6 is 0 Å². The molecule has 5 nitrogen and oxygen atoms in total. The molecular formula is C26H26N2O3. The Labute approximate surface area is 182 Å². The van der Waals surface area contributed by atoms with E-state index in [4.69, 9.17) is 4.74 Å². The van der Waals surface area contributed by atoms with Gasteiger partial charge in [0.25, 0.3) is 5.91 Å². The van der Waals surface area contributed by atoms with Crippen LogP contribution in [0.5, 0.6) is 5.75 Å². The first-order valence-corrected chi connectivity index (χ1v) is 10.6. The van der Waals surface area contributed by atoms with E-state index < -0.39 is 6.04 Å². The number of ether oxygens (including phenoxy) is 1. The maximum absolute atomic E-state index is 13.2. The van der Waals surface area contributed by atoms with Gasteiger partial charge in [-0.1, -0.05) is 66.7 Å². The zero-order chi connectivity index (χ0) is 21.6. The molecule has 0 saturated carbocycles. The fourth-order valence-electron chi connectivity index (χ4n) is 4.00. The van der Waals surface area contributed by atoms with Gasteiger partial charge < -0.3 is 15.0 Å². The number of hydrogen-bond acceptors (Lipinski definition) is 3. The molecule has 0 spiro atoms. The Hall–Kier alpha value is -3.60. The molecule has 1 N–H and O–H groups in total. The molecule has 1 heterocycles. The van der Waals surface area contributed by atoms with Crippen molar-refractivity contribution in [3.63, 3.8) is 0 Å². The van der Waals surface area contributed by atoms with E-state index in [1.54, 1.807) is 11.0 Å². The fourth-order valence-corrected chi connectivity index (χ4v) is 4.00. The number of fused-ring (bicyclic) bond motifs is 1. The average molecular weight is 415 g/mol. The summed E-state index contributed by atoms with van der Waals surface area (Å²) in [6.07, 6.45) is 0.738. The number of carbonyl (C=O) groups is 2. The molecule has 3 aromatic carbocycles. The predicted octanol–water partition coefficient (Wildman–Crippen LogP) is 4.14. The number of carbonyl (C=O) groups excluding carboxylic acids is 2. The van der Waals surface area contributed by atoms with Crippen molar-refractivity contribution in [1.82, 2.24) is 10.2 Å². The molecule has 0 fully saturated rings. The molecule has 4 rings (SSSR count). The van der Waals surface area contributed by atoms with Crippen LogP contribution in [-0.2, 0) is 17.8 Å². The van der Waals surface area contributed by atoms with E-state index in [0.717, 1.165) is 28.9 Å². The third kappa shape index (κ3) is 4.45. The summed E-state index contributed by atoms with van der Waals surface area (Å²) in [5, 5.41) is 3.03. The molecule has 3 aromatic rings. The van der Waals surface area contributed by atoms with Gasteiger partial charge in [-0.2, -0.15) is 0 Å². The number of para-hydroxylation sites is 1. The Balaban J connectivity index is 1.55. The summed E-state index contributed by atoms with van der Waals surface area (Å²) < 4.78 is 5.73. The summed E-state index contributed by atoms with van der Waals surface area (Å²) in [6, 6.07) is 24.4. The number of benzene rings is 3. The second kappa shape index (κ2) is 9.47. The van der Waals surface area contributed by atoms with Gasteiger partial charge in [-0.25, -0.2) is 0 Å². The van der Waals surface area contributed by atoms with Crippen LogP contribution < -0.4 is 10.1 Å². The highest BCUT2D eigenvalue weighted by Crippen LogP contribution is 2.36. The minimum atomic E-state index is -0.658. The van der Waals surface area contributed by atoms with Crippen LogP contribution in [0.2, 0.25) is 0 Å². The van der Waals surface area contributed by atoms with Crippen LogP contribution in [0.15, 0.2) is 78.9 Å². The van der Waals surface area contributed by atoms with Gasteiger partial charge in [-0.05, 0) is 36.6 Å². The van der Waals surface area contributed by atoms with E-state index in [1.807, 2.05) is 79.7 Å². The first kappa shape index (κ1) is 20.7. The Kier molecular flexibility index (Phi) is 6.32. The molecule has 0 radical (unpaired) electrons. The van der Waals surface area contributed by atoms with Crippen LogP contribution in [0.1, 0.15) is 40.0 Å². The molecule has 0 aliphatic carbocycles. The summed E-state index contributed by atoms with van der Waals surface area (Å²) in [5.74, 6) is 0.435. The number of hydrogen-bond donors (Lipinski definition) is 1.